The zero-order valence-corrected chi connectivity index (χ0v) is 14.7. The molecule has 1 N–H and O–H groups in total. The smallest absolute Gasteiger partial charge is 0.340 e. The molecule has 4 rings (SSSR count). The molecule has 0 amide bonds. The van der Waals surface area contributed by atoms with E-state index < -0.39 is 0 Å². The second-order valence-electron chi connectivity index (χ2n) is 6.06. The van der Waals surface area contributed by atoms with Crippen LogP contribution in [0.2, 0.25) is 0 Å². The predicted molar refractivity (Wildman–Crippen MR) is 102 cm³/mol. The van der Waals surface area contributed by atoms with Crippen molar-refractivity contribution in [1.82, 2.24) is 14.5 Å². The summed E-state index contributed by atoms with van der Waals surface area (Å²) >= 11 is 0. The van der Waals surface area contributed by atoms with Crippen LogP contribution in [0.3, 0.4) is 0 Å². The molecule has 2 aromatic carbocycles. The fourth-order valence-electron chi connectivity index (χ4n) is 3.36. The van der Waals surface area contributed by atoms with Crippen LogP contribution in [0.1, 0.15) is 23.0 Å². The van der Waals surface area contributed by atoms with Gasteiger partial charge in [0.05, 0.1) is 24.7 Å². The van der Waals surface area contributed by atoms with Crippen LogP contribution in [-0.2, 0) is 4.74 Å². The normalized spacial score (nSPS) is 11.0. The van der Waals surface area contributed by atoms with Gasteiger partial charge in [0.15, 0.2) is 0 Å². The number of aromatic nitrogens is 3. The Hall–Kier alpha value is -3.34. The number of rotatable bonds is 4. The molecule has 5 nitrogen and oxygen atoms in total. The van der Waals surface area contributed by atoms with Gasteiger partial charge < -0.3 is 14.3 Å². The summed E-state index contributed by atoms with van der Waals surface area (Å²) in [4.78, 5) is 19.9. The number of carbonyl (C=O) groups excluding carboxylic acids is 1. The van der Waals surface area contributed by atoms with Crippen molar-refractivity contribution in [2.45, 2.75) is 13.8 Å². The van der Waals surface area contributed by atoms with E-state index in [4.69, 9.17) is 4.74 Å². The predicted octanol–water partition coefficient (Wildman–Crippen LogP) is 4.51. The molecule has 0 spiro atoms. The Labute approximate surface area is 151 Å². The molecule has 4 aromatic rings. The third-order valence-electron chi connectivity index (χ3n) is 4.55. The standard InChI is InChI=1S/C21H19N3O2/c1-3-26-21(25)20-14(2)24(19-11-22-13-23-19)12-18(20)17-10-6-8-15-7-4-5-9-16(15)17/h4-13H,3H2,1-2H3,(H,22,23). The van der Waals surface area contributed by atoms with Gasteiger partial charge in [0, 0.05) is 17.5 Å². The van der Waals surface area contributed by atoms with Crippen LogP contribution in [0.15, 0.2) is 61.2 Å². The van der Waals surface area contributed by atoms with Crippen LogP contribution in [0.25, 0.3) is 27.7 Å². The van der Waals surface area contributed by atoms with Crippen LogP contribution in [0.5, 0.6) is 0 Å². The van der Waals surface area contributed by atoms with E-state index in [2.05, 4.69) is 28.2 Å². The Balaban J connectivity index is 2.00. The van der Waals surface area contributed by atoms with Gasteiger partial charge in [0.1, 0.15) is 5.82 Å². The lowest BCUT2D eigenvalue weighted by atomic mass is 9.97. The largest absolute Gasteiger partial charge is 0.462 e. The minimum absolute atomic E-state index is 0.314. The molecule has 0 atom stereocenters. The van der Waals surface area contributed by atoms with E-state index in [1.807, 2.05) is 48.9 Å². The van der Waals surface area contributed by atoms with E-state index in [0.29, 0.717) is 12.2 Å². The summed E-state index contributed by atoms with van der Waals surface area (Å²) < 4.78 is 7.28. The molecule has 0 unspecified atom stereocenters. The van der Waals surface area contributed by atoms with E-state index in [1.54, 1.807) is 12.5 Å². The first kappa shape index (κ1) is 16.1. The molecule has 5 heteroatoms. The number of imidazole rings is 1. The third kappa shape index (κ3) is 2.58. The van der Waals surface area contributed by atoms with Crippen molar-refractivity contribution >= 4 is 16.7 Å². The van der Waals surface area contributed by atoms with E-state index >= 15 is 0 Å². The summed E-state index contributed by atoms with van der Waals surface area (Å²) in [6.45, 7) is 4.07. The molecule has 0 fully saturated rings. The topological polar surface area (TPSA) is 59.9 Å². The molecule has 2 heterocycles. The van der Waals surface area contributed by atoms with Crippen molar-refractivity contribution in [2.24, 2.45) is 0 Å². The fraction of sp³-hybridized carbons (Fsp3) is 0.143. The number of fused-ring (bicyclic) bond motifs is 1. The number of aromatic amines is 1. The highest BCUT2D eigenvalue weighted by molar-refractivity contribution is 6.05. The number of ether oxygens (including phenoxy) is 1. The maximum absolute atomic E-state index is 12.7. The zero-order valence-electron chi connectivity index (χ0n) is 14.7. The molecule has 0 aliphatic heterocycles. The van der Waals surface area contributed by atoms with Gasteiger partial charge in [-0.15, -0.1) is 0 Å². The van der Waals surface area contributed by atoms with Crippen LogP contribution in [0, 0.1) is 6.92 Å². The number of carbonyl (C=O) groups is 1. The monoisotopic (exact) mass is 345 g/mol. The molecule has 0 bridgehead atoms. The van der Waals surface area contributed by atoms with Gasteiger partial charge >= 0.3 is 5.97 Å². The number of hydrogen-bond acceptors (Lipinski definition) is 3. The molecule has 0 aliphatic carbocycles. The lowest BCUT2D eigenvalue weighted by Gasteiger charge is -2.08. The minimum Gasteiger partial charge on any atom is -0.462 e. The molecule has 26 heavy (non-hydrogen) atoms. The van der Waals surface area contributed by atoms with E-state index in [0.717, 1.165) is 33.4 Å². The molecule has 0 saturated carbocycles. The first-order chi connectivity index (χ1) is 12.7. The second kappa shape index (κ2) is 6.52. The van der Waals surface area contributed by atoms with E-state index in [9.17, 15) is 4.79 Å². The number of esters is 1. The van der Waals surface area contributed by atoms with Gasteiger partial charge in [0.2, 0.25) is 0 Å². The van der Waals surface area contributed by atoms with Crippen molar-refractivity contribution in [3.05, 3.63) is 72.4 Å². The first-order valence-electron chi connectivity index (χ1n) is 8.56. The molecule has 130 valence electrons. The Morgan fingerprint density at radius 2 is 1.96 bits per heavy atom. The van der Waals surface area contributed by atoms with Crippen molar-refractivity contribution < 1.29 is 9.53 Å². The van der Waals surface area contributed by atoms with Crippen LogP contribution in [0.4, 0.5) is 0 Å². The van der Waals surface area contributed by atoms with Crippen molar-refractivity contribution in [3.8, 4) is 16.9 Å². The number of H-pyrrole nitrogens is 1. The maximum atomic E-state index is 12.7. The summed E-state index contributed by atoms with van der Waals surface area (Å²) in [5.41, 5.74) is 3.26. The second-order valence-corrected chi connectivity index (χ2v) is 6.06. The average molecular weight is 345 g/mol. The lowest BCUT2D eigenvalue weighted by Crippen LogP contribution is -2.08. The van der Waals surface area contributed by atoms with Crippen molar-refractivity contribution in [3.63, 3.8) is 0 Å². The summed E-state index contributed by atoms with van der Waals surface area (Å²) in [7, 11) is 0. The lowest BCUT2D eigenvalue weighted by molar-refractivity contribution is 0.0526. The Bertz CT molecular complexity index is 1070. The number of benzene rings is 2. The summed E-state index contributed by atoms with van der Waals surface area (Å²) in [5.74, 6) is 0.491. The third-order valence-corrected chi connectivity index (χ3v) is 4.55. The SMILES string of the molecule is CCOC(=O)c1c(-c2cccc3ccccc23)cn(-c2cnc[nH]2)c1C. The highest BCUT2D eigenvalue weighted by atomic mass is 16.5. The molecular weight excluding hydrogens is 326 g/mol. The number of nitrogens with one attached hydrogen (secondary N) is 1. The van der Waals surface area contributed by atoms with Gasteiger partial charge in [0.25, 0.3) is 0 Å². The number of hydrogen-bond donors (Lipinski definition) is 1. The minimum atomic E-state index is -0.314. The zero-order chi connectivity index (χ0) is 18.1. The molecule has 0 saturated heterocycles. The highest BCUT2D eigenvalue weighted by Crippen LogP contribution is 2.35. The van der Waals surface area contributed by atoms with Gasteiger partial charge in [-0.2, -0.15) is 0 Å². The highest BCUT2D eigenvalue weighted by Gasteiger charge is 2.23. The maximum Gasteiger partial charge on any atom is 0.340 e. The molecular formula is C21H19N3O2. The summed E-state index contributed by atoms with van der Waals surface area (Å²) in [6.07, 6.45) is 5.32. The summed E-state index contributed by atoms with van der Waals surface area (Å²) in [6, 6.07) is 14.3. The Morgan fingerprint density at radius 3 is 2.73 bits per heavy atom. The van der Waals surface area contributed by atoms with Crippen LogP contribution < -0.4 is 0 Å². The van der Waals surface area contributed by atoms with E-state index in [1.165, 1.54) is 0 Å². The van der Waals surface area contributed by atoms with Gasteiger partial charge in [-0.3, -0.25) is 0 Å². The molecule has 0 radical (unpaired) electrons. The van der Waals surface area contributed by atoms with Crippen molar-refractivity contribution in [2.75, 3.05) is 6.61 Å². The van der Waals surface area contributed by atoms with Crippen LogP contribution >= 0.6 is 0 Å². The van der Waals surface area contributed by atoms with E-state index in [-0.39, 0.29) is 5.97 Å². The number of nitrogens with zero attached hydrogens (tertiary/aromatic N) is 2. The van der Waals surface area contributed by atoms with Gasteiger partial charge in [-0.05, 0) is 30.2 Å². The van der Waals surface area contributed by atoms with Gasteiger partial charge in [-0.1, -0.05) is 42.5 Å². The Kier molecular flexibility index (Phi) is 4.05. The van der Waals surface area contributed by atoms with Crippen molar-refractivity contribution in [1.29, 1.82) is 0 Å². The molecule has 0 aliphatic rings. The Morgan fingerprint density at radius 1 is 1.15 bits per heavy atom. The quantitative estimate of drug-likeness (QED) is 0.554. The van der Waals surface area contributed by atoms with Crippen LogP contribution in [-0.4, -0.2) is 27.1 Å². The summed E-state index contributed by atoms with van der Waals surface area (Å²) in [5, 5.41) is 2.23. The molecule has 2 aromatic heterocycles. The average Bonchev–Trinajstić information content (AvgIpc) is 3.29. The first-order valence-corrected chi connectivity index (χ1v) is 8.56. The van der Waals surface area contributed by atoms with Gasteiger partial charge in [-0.25, -0.2) is 9.78 Å². The fourth-order valence-corrected chi connectivity index (χ4v) is 3.36.